The maximum Gasteiger partial charge on any atom is 0.117 e. The first-order chi connectivity index (χ1) is 8.83. The number of fused-ring (bicyclic) bond motifs is 1. The quantitative estimate of drug-likeness (QED) is 0.630. The summed E-state index contributed by atoms with van der Waals surface area (Å²) in [5.41, 5.74) is 2.06. The fraction of sp³-hybridized carbons (Fsp3) is 0. The number of thiazole rings is 1. The first kappa shape index (κ1) is 11.5. The van der Waals surface area contributed by atoms with Gasteiger partial charge >= 0.3 is 0 Å². The SMILES string of the molecule is Clc1ccccc1C=Cc1nc2ccccc2s1. The molecule has 0 unspecified atom stereocenters. The van der Waals surface area contributed by atoms with Crippen LogP contribution in [-0.4, -0.2) is 4.98 Å². The van der Waals surface area contributed by atoms with Crippen LogP contribution in [0.4, 0.5) is 0 Å². The topological polar surface area (TPSA) is 12.9 Å². The lowest BCUT2D eigenvalue weighted by Gasteiger charge is -1.94. The molecule has 0 saturated heterocycles. The molecule has 0 spiro atoms. The lowest BCUT2D eigenvalue weighted by Crippen LogP contribution is -1.73. The minimum atomic E-state index is 0.759. The largest absolute Gasteiger partial charge is 0.237 e. The normalized spacial score (nSPS) is 11.4. The Morgan fingerprint density at radius 2 is 1.72 bits per heavy atom. The van der Waals surface area contributed by atoms with Gasteiger partial charge in [-0.15, -0.1) is 11.3 Å². The van der Waals surface area contributed by atoms with Gasteiger partial charge in [-0.3, -0.25) is 0 Å². The van der Waals surface area contributed by atoms with E-state index >= 15 is 0 Å². The van der Waals surface area contributed by atoms with E-state index in [-0.39, 0.29) is 0 Å². The van der Waals surface area contributed by atoms with Crippen molar-refractivity contribution in [3.63, 3.8) is 0 Å². The second-order valence-corrected chi connectivity index (χ2v) is 5.34. The third kappa shape index (κ3) is 2.30. The predicted octanol–water partition coefficient (Wildman–Crippen LogP) is 5.12. The smallest absolute Gasteiger partial charge is 0.117 e. The average Bonchev–Trinajstić information content (AvgIpc) is 2.80. The summed E-state index contributed by atoms with van der Waals surface area (Å²) >= 11 is 7.78. The maximum atomic E-state index is 6.10. The molecule has 2 aromatic carbocycles. The van der Waals surface area contributed by atoms with E-state index in [2.05, 4.69) is 11.1 Å². The van der Waals surface area contributed by atoms with Crippen LogP contribution in [0.2, 0.25) is 5.02 Å². The van der Waals surface area contributed by atoms with Crippen molar-refractivity contribution in [3.8, 4) is 0 Å². The molecule has 0 aliphatic carbocycles. The molecule has 0 atom stereocenters. The van der Waals surface area contributed by atoms with E-state index in [0.717, 1.165) is 21.1 Å². The van der Waals surface area contributed by atoms with Crippen LogP contribution in [0.1, 0.15) is 10.6 Å². The van der Waals surface area contributed by atoms with Crippen LogP contribution in [0.25, 0.3) is 22.4 Å². The van der Waals surface area contributed by atoms with Crippen molar-refractivity contribution in [1.29, 1.82) is 0 Å². The number of halogens is 1. The molecule has 3 aromatic rings. The minimum absolute atomic E-state index is 0.759. The summed E-state index contributed by atoms with van der Waals surface area (Å²) in [6, 6.07) is 15.9. The lowest BCUT2D eigenvalue weighted by molar-refractivity contribution is 1.46. The Balaban J connectivity index is 1.95. The molecule has 3 rings (SSSR count). The van der Waals surface area contributed by atoms with Crippen LogP contribution < -0.4 is 0 Å². The van der Waals surface area contributed by atoms with Gasteiger partial charge in [0.15, 0.2) is 0 Å². The molecule has 3 heteroatoms. The maximum absolute atomic E-state index is 6.10. The number of para-hydroxylation sites is 1. The zero-order valence-electron chi connectivity index (χ0n) is 9.51. The zero-order valence-corrected chi connectivity index (χ0v) is 11.1. The summed E-state index contributed by atoms with van der Waals surface area (Å²) in [5.74, 6) is 0. The van der Waals surface area contributed by atoms with E-state index in [1.54, 1.807) is 11.3 Å². The summed E-state index contributed by atoms with van der Waals surface area (Å²) in [7, 11) is 0. The molecule has 88 valence electrons. The van der Waals surface area contributed by atoms with E-state index in [4.69, 9.17) is 11.6 Å². The van der Waals surface area contributed by atoms with Gasteiger partial charge in [0.05, 0.1) is 10.2 Å². The number of nitrogens with zero attached hydrogens (tertiary/aromatic N) is 1. The van der Waals surface area contributed by atoms with Crippen molar-refractivity contribution >= 4 is 45.3 Å². The Morgan fingerprint density at radius 3 is 2.56 bits per heavy atom. The Labute approximate surface area is 114 Å². The molecule has 0 radical (unpaired) electrons. The highest BCUT2D eigenvalue weighted by molar-refractivity contribution is 7.19. The van der Waals surface area contributed by atoms with Gasteiger partial charge in [-0.25, -0.2) is 4.98 Å². The summed E-state index contributed by atoms with van der Waals surface area (Å²) in [6.07, 6.45) is 4.01. The number of rotatable bonds is 2. The first-order valence-corrected chi connectivity index (χ1v) is 6.80. The van der Waals surface area contributed by atoms with Gasteiger partial charge in [0.1, 0.15) is 5.01 Å². The summed E-state index contributed by atoms with van der Waals surface area (Å²) < 4.78 is 1.20. The molecule has 0 saturated carbocycles. The van der Waals surface area contributed by atoms with Crippen LogP contribution in [0.15, 0.2) is 48.5 Å². The minimum Gasteiger partial charge on any atom is -0.237 e. The molecule has 0 fully saturated rings. The Kier molecular flexibility index (Phi) is 3.13. The predicted molar refractivity (Wildman–Crippen MR) is 80.0 cm³/mol. The van der Waals surface area contributed by atoms with Gasteiger partial charge in [-0.2, -0.15) is 0 Å². The average molecular weight is 272 g/mol. The molecule has 1 heterocycles. The summed E-state index contributed by atoms with van der Waals surface area (Å²) in [6.45, 7) is 0. The highest BCUT2D eigenvalue weighted by Gasteiger charge is 2.00. The first-order valence-electron chi connectivity index (χ1n) is 5.61. The van der Waals surface area contributed by atoms with Gasteiger partial charge in [-0.1, -0.05) is 48.0 Å². The third-order valence-corrected chi connectivity index (χ3v) is 3.97. The molecule has 1 aromatic heterocycles. The number of benzene rings is 2. The van der Waals surface area contributed by atoms with Gasteiger partial charge in [0.25, 0.3) is 0 Å². The number of aromatic nitrogens is 1. The van der Waals surface area contributed by atoms with Crippen LogP contribution in [-0.2, 0) is 0 Å². The number of hydrogen-bond acceptors (Lipinski definition) is 2. The van der Waals surface area contributed by atoms with Crippen LogP contribution in [0, 0.1) is 0 Å². The van der Waals surface area contributed by atoms with E-state index in [1.807, 2.05) is 54.6 Å². The van der Waals surface area contributed by atoms with E-state index in [9.17, 15) is 0 Å². The summed E-state index contributed by atoms with van der Waals surface area (Å²) in [4.78, 5) is 4.55. The standard InChI is InChI=1S/C15H10ClNS/c16-12-6-2-1-5-11(12)9-10-15-17-13-7-3-4-8-14(13)18-15/h1-10H. The van der Waals surface area contributed by atoms with Crippen molar-refractivity contribution in [2.45, 2.75) is 0 Å². The second-order valence-electron chi connectivity index (χ2n) is 3.87. The van der Waals surface area contributed by atoms with Crippen molar-refractivity contribution in [2.75, 3.05) is 0 Å². The zero-order chi connectivity index (χ0) is 12.4. The summed E-state index contributed by atoms with van der Waals surface area (Å²) in [5, 5.41) is 1.76. The van der Waals surface area contributed by atoms with E-state index < -0.39 is 0 Å². The molecule has 0 N–H and O–H groups in total. The highest BCUT2D eigenvalue weighted by Crippen LogP contribution is 2.24. The van der Waals surface area contributed by atoms with E-state index in [0.29, 0.717) is 0 Å². The van der Waals surface area contributed by atoms with Crippen molar-refractivity contribution in [3.05, 3.63) is 64.1 Å². The van der Waals surface area contributed by atoms with Crippen molar-refractivity contribution < 1.29 is 0 Å². The fourth-order valence-corrected chi connectivity index (χ4v) is 2.80. The van der Waals surface area contributed by atoms with Gasteiger partial charge in [0.2, 0.25) is 0 Å². The monoisotopic (exact) mass is 271 g/mol. The van der Waals surface area contributed by atoms with Gasteiger partial charge in [0, 0.05) is 5.02 Å². The Bertz CT molecular complexity index is 682. The molecule has 0 bridgehead atoms. The van der Waals surface area contributed by atoms with E-state index in [1.165, 1.54) is 4.70 Å². The molecule has 18 heavy (non-hydrogen) atoms. The Hall–Kier alpha value is -1.64. The molecule has 0 aliphatic heterocycles. The third-order valence-electron chi connectivity index (χ3n) is 2.62. The lowest BCUT2D eigenvalue weighted by atomic mass is 10.2. The fourth-order valence-electron chi connectivity index (χ4n) is 1.73. The van der Waals surface area contributed by atoms with Crippen LogP contribution in [0.3, 0.4) is 0 Å². The van der Waals surface area contributed by atoms with Crippen LogP contribution in [0.5, 0.6) is 0 Å². The molecule has 1 nitrogen and oxygen atoms in total. The number of hydrogen-bond donors (Lipinski definition) is 0. The van der Waals surface area contributed by atoms with Crippen molar-refractivity contribution in [2.24, 2.45) is 0 Å². The second kappa shape index (κ2) is 4.92. The molecular formula is C15H10ClNS. The molecular weight excluding hydrogens is 262 g/mol. The Morgan fingerprint density at radius 1 is 0.944 bits per heavy atom. The van der Waals surface area contributed by atoms with Gasteiger partial charge < -0.3 is 0 Å². The molecule has 0 aliphatic rings. The highest BCUT2D eigenvalue weighted by atomic mass is 35.5. The van der Waals surface area contributed by atoms with Crippen molar-refractivity contribution in [1.82, 2.24) is 4.98 Å². The van der Waals surface area contributed by atoms with Gasteiger partial charge in [-0.05, 0) is 29.8 Å². The van der Waals surface area contributed by atoms with Crippen LogP contribution >= 0.6 is 22.9 Å². The molecule has 0 amide bonds.